The number of nitrogens with two attached hydrogens (primary N) is 1. The molecule has 5 nitrogen and oxygen atoms in total. The maximum absolute atomic E-state index is 11.2. The van der Waals surface area contributed by atoms with E-state index in [4.69, 9.17) is 10.5 Å². The number of benzene rings is 2. The molecule has 1 aliphatic heterocycles. The number of ether oxygens (including phenoxy) is 1. The lowest BCUT2D eigenvalue weighted by Gasteiger charge is -2.31. The van der Waals surface area contributed by atoms with Crippen LogP contribution in [-0.4, -0.2) is 48.3 Å². The number of primary amides is 1. The molecular formula is C19H24N2O3. The van der Waals surface area contributed by atoms with Crippen LogP contribution >= 0.6 is 0 Å². The minimum absolute atomic E-state index is 0.0228. The molecule has 0 aliphatic carbocycles. The number of aliphatic hydroxyl groups is 1. The van der Waals surface area contributed by atoms with Gasteiger partial charge in [0.2, 0.25) is 5.91 Å². The highest BCUT2D eigenvalue weighted by atomic mass is 16.5. The van der Waals surface area contributed by atoms with Crippen molar-refractivity contribution in [1.82, 2.24) is 4.90 Å². The van der Waals surface area contributed by atoms with Crippen LogP contribution in [0.2, 0.25) is 0 Å². The molecular weight excluding hydrogens is 304 g/mol. The van der Waals surface area contributed by atoms with Gasteiger partial charge in [-0.15, -0.1) is 0 Å². The lowest BCUT2D eigenvalue weighted by atomic mass is 9.96. The van der Waals surface area contributed by atoms with E-state index >= 15 is 0 Å². The second kappa shape index (κ2) is 7.64. The molecule has 0 saturated carbocycles. The van der Waals surface area contributed by atoms with Crippen LogP contribution in [-0.2, 0) is 4.79 Å². The van der Waals surface area contributed by atoms with Gasteiger partial charge in [-0.25, -0.2) is 0 Å². The zero-order valence-electron chi connectivity index (χ0n) is 13.7. The molecule has 1 amide bonds. The number of fused-ring (bicyclic) bond motifs is 1. The molecule has 2 aromatic carbocycles. The third-order valence-electron chi connectivity index (χ3n) is 4.64. The molecule has 5 heteroatoms. The Hall–Kier alpha value is -2.11. The van der Waals surface area contributed by atoms with Crippen molar-refractivity contribution in [1.29, 1.82) is 0 Å². The van der Waals surface area contributed by atoms with E-state index in [-0.39, 0.29) is 18.4 Å². The Morgan fingerprint density at radius 1 is 1.21 bits per heavy atom. The Morgan fingerprint density at radius 3 is 2.67 bits per heavy atom. The first-order valence-electron chi connectivity index (χ1n) is 8.44. The summed E-state index contributed by atoms with van der Waals surface area (Å²) in [5, 5.41) is 12.4. The zero-order chi connectivity index (χ0) is 16.9. The Morgan fingerprint density at radius 2 is 1.92 bits per heavy atom. The van der Waals surface area contributed by atoms with Crippen molar-refractivity contribution in [2.75, 3.05) is 26.2 Å². The maximum Gasteiger partial charge on any atom is 0.220 e. The van der Waals surface area contributed by atoms with Crippen molar-refractivity contribution in [3.05, 3.63) is 42.5 Å². The van der Waals surface area contributed by atoms with Crippen molar-refractivity contribution in [3.8, 4) is 5.75 Å². The van der Waals surface area contributed by atoms with Gasteiger partial charge in [0.05, 0.1) is 0 Å². The van der Waals surface area contributed by atoms with Gasteiger partial charge in [0.1, 0.15) is 18.5 Å². The van der Waals surface area contributed by atoms with Gasteiger partial charge in [-0.3, -0.25) is 4.79 Å². The number of likely N-dealkylation sites (tertiary alicyclic amines) is 1. The van der Waals surface area contributed by atoms with Crippen molar-refractivity contribution in [3.63, 3.8) is 0 Å². The number of amides is 1. The van der Waals surface area contributed by atoms with Crippen LogP contribution in [0, 0.1) is 5.92 Å². The van der Waals surface area contributed by atoms with Gasteiger partial charge in [0.15, 0.2) is 0 Å². The number of hydrogen-bond donors (Lipinski definition) is 2. The molecule has 1 fully saturated rings. The van der Waals surface area contributed by atoms with Crippen molar-refractivity contribution in [2.45, 2.75) is 18.9 Å². The topological polar surface area (TPSA) is 75.8 Å². The van der Waals surface area contributed by atoms with Gasteiger partial charge in [-0.2, -0.15) is 0 Å². The molecule has 1 atom stereocenters. The second-order valence-electron chi connectivity index (χ2n) is 6.42. The van der Waals surface area contributed by atoms with Gasteiger partial charge in [0.25, 0.3) is 0 Å². The molecule has 0 unspecified atom stereocenters. The first-order chi connectivity index (χ1) is 11.6. The van der Waals surface area contributed by atoms with Gasteiger partial charge in [0, 0.05) is 17.8 Å². The minimum Gasteiger partial charge on any atom is -0.490 e. The monoisotopic (exact) mass is 328 g/mol. The van der Waals surface area contributed by atoms with Crippen LogP contribution in [0.1, 0.15) is 12.8 Å². The summed E-state index contributed by atoms with van der Waals surface area (Å²) in [5.41, 5.74) is 5.34. The van der Waals surface area contributed by atoms with Gasteiger partial charge in [-0.05, 0) is 37.4 Å². The fraction of sp³-hybridized carbons (Fsp3) is 0.421. The minimum atomic E-state index is -0.561. The Bertz CT molecular complexity index is 691. The third kappa shape index (κ3) is 4.04. The number of hydrogen-bond acceptors (Lipinski definition) is 4. The first-order valence-corrected chi connectivity index (χ1v) is 8.44. The summed E-state index contributed by atoms with van der Waals surface area (Å²) in [5.74, 6) is 0.555. The van der Waals surface area contributed by atoms with Gasteiger partial charge < -0.3 is 20.5 Å². The molecule has 24 heavy (non-hydrogen) atoms. The van der Waals surface area contributed by atoms with Gasteiger partial charge in [-0.1, -0.05) is 36.4 Å². The normalized spacial score (nSPS) is 17.7. The van der Waals surface area contributed by atoms with E-state index in [0.29, 0.717) is 6.54 Å². The van der Waals surface area contributed by atoms with Crippen molar-refractivity contribution in [2.24, 2.45) is 11.7 Å². The van der Waals surface area contributed by atoms with E-state index in [2.05, 4.69) is 4.90 Å². The van der Waals surface area contributed by atoms with Crippen LogP contribution in [0.15, 0.2) is 42.5 Å². The van der Waals surface area contributed by atoms with Crippen molar-refractivity contribution >= 4 is 16.7 Å². The fourth-order valence-electron chi connectivity index (χ4n) is 3.26. The Balaban J connectivity index is 1.51. The molecule has 0 radical (unpaired) electrons. The van der Waals surface area contributed by atoms with E-state index < -0.39 is 6.10 Å². The average molecular weight is 328 g/mol. The Labute approximate surface area is 142 Å². The van der Waals surface area contributed by atoms with E-state index in [9.17, 15) is 9.90 Å². The SMILES string of the molecule is NC(=O)C1CCN(C[C@H](O)COc2cccc3ccccc23)CC1. The van der Waals surface area contributed by atoms with E-state index in [1.54, 1.807) is 0 Å². The molecule has 3 rings (SSSR count). The first kappa shape index (κ1) is 16.7. The fourth-order valence-corrected chi connectivity index (χ4v) is 3.26. The third-order valence-corrected chi connectivity index (χ3v) is 4.64. The summed E-state index contributed by atoms with van der Waals surface area (Å²) >= 11 is 0. The number of nitrogens with zero attached hydrogens (tertiary/aromatic N) is 1. The molecule has 0 spiro atoms. The summed E-state index contributed by atoms with van der Waals surface area (Å²) in [6.45, 7) is 2.39. The molecule has 0 bridgehead atoms. The standard InChI is InChI=1S/C19H24N2O3/c20-19(23)15-8-10-21(11-9-15)12-16(22)13-24-18-7-3-5-14-4-1-2-6-17(14)18/h1-7,15-16,22H,8-13H2,(H2,20,23)/t16-/m0/s1. The number of aliphatic hydroxyl groups excluding tert-OH is 1. The highest BCUT2D eigenvalue weighted by molar-refractivity contribution is 5.88. The number of carbonyl (C=O) groups excluding carboxylic acids is 1. The van der Waals surface area contributed by atoms with E-state index in [1.165, 1.54) is 0 Å². The quantitative estimate of drug-likeness (QED) is 0.847. The maximum atomic E-state index is 11.2. The molecule has 1 saturated heterocycles. The Kier molecular flexibility index (Phi) is 5.33. The summed E-state index contributed by atoms with van der Waals surface area (Å²) < 4.78 is 5.83. The van der Waals surface area contributed by atoms with Crippen LogP contribution in [0.4, 0.5) is 0 Å². The largest absolute Gasteiger partial charge is 0.490 e. The van der Waals surface area contributed by atoms with Crippen LogP contribution in [0.3, 0.4) is 0 Å². The average Bonchev–Trinajstić information content (AvgIpc) is 2.60. The molecule has 1 aliphatic rings. The summed E-state index contributed by atoms with van der Waals surface area (Å²) in [7, 11) is 0. The predicted molar refractivity (Wildman–Crippen MR) is 93.8 cm³/mol. The molecule has 128 valence electrons. The van der Waals surface area contributed by atoms with Gasteiger partial charge >= 0.3 is 0 Å². The molecule has 0 aromatic heterocycles. The van der Waals surface area contributed by atoms with Crippen LogP contribution < -0.4 is 10.5 Å². The predicted octanol–water partition coefficient (Wildman–Crippen LogP) is 1.78. The van der Waals surface area contributed by atoms with Crippen molar-refractivity contribution < 1.29 is 14.6 Å². The highest BCUT2D eigenvalue weighted by Gasteiger charge is 2.24. The number of rotatable bonds is 6. The molecule has 1 heterocycles. The van der Waals surface area contributed by atoms with E-state index in [1.807, 2.05) is 42.5 Å². The number of β-amino-alcohol motifs (C(OH)–C–C–N with tert-alkyl or cyclic N) is 1. The molecule has 2 aromatic rings. The van der Waals surface area contributed by atoms with E-state index in [0.717, 1.165) is 42.5 Å². The van der Waals surface area contributed by atoms with Crippen LogP contribution in [0.5, 0.6) is 5.75 Å². The lowest BCUT2D eigenvalue weighted by molar-refractivity contribution is -0.123. The number of piperidine rings is 1. The van der Waals surface area contributed by atoms with Crippen LogP contribution in [0.25, 0.3) is 10.8 Å². The number of carbonyl (C=O) groups is 1. The molecule has 3 N–H and O–H groups in total. The summed E-state index contributed by atoms with van der Waals surface area (Å²) in [6.07, 6.45) is 0.979. The zero-order valence-corrected chi connectivity index (χ0v) is 13.7. The summed E-state index contributed by atoms with van der Waals surface area (Å²) in [6, 6.07) is 14.0. The smallest absolute Gasteiger partial charge is 0.220 e. The lowest BCUT2D eigenvalue weighted by Crippen LogP contribution is -2.43. The second-order valence-corrected chi connectivity index (χ2v) is 6.42. The highest BCUT2D eigenvalue weighted by Crippen LogP contribution is 2.25. The summed E-state index contributed by atoms with van der Waals surface area (Å²) in [4.78, 5) is 13.3.